The zero-order valence-electron chi connectivity index (χ0n) is 12.0. The molecule has 3 rings (SSSR count). The number of aromatic carboxylic acids is 1. The number of carboxylic acids is 1. The van der Waals surface area contributed by atoms with Crippen molar-refractivity contribution in [2.24, 2.45) is 17.3 Å². The fraction of sp³-hybridized carbons (Fsp3) is 0.600. The molecule has 0 radical (unpaired) electrons. The largest absolute Gasteiger partial charge is 0.478 e. The number of aryl methyl sites for hydroxylation is 1. The third kappa shape index (κ3) is 1.76. The molecular weight excluding hydrogens is 258 g/mol. The number of carbonyl (C=O) groups is 2. The van der Waals surface area contributed by atoms with E-state index >= 15 is 0 Å². The summed E-state index contributed by atoms with van der Waals surface area (Å²) in [6.07, 6.45) is 0.465. The highest BCUT2D eigenvalue weighted by atomic mass is 16.4. The van der Waals surface area contributed by atoms with Crippen molar-refractivity contribution in [2.75, 3.05) is 13.1 Å². The summed E-state index contributed by atoms with van der Waals surface area (Å²) < 4.78 is 5.43. The average molecular weight is 277 g/mol. The number of amides is 1. The maximum Gasteiger partial charge on any atom is 0.339 e. The highest BCUT2D eigenvalue weighted by Crippen LogP contribution is 2.62. The molecule has 1 aliphatic heterocycles. The maximum absolute atomic E-state index is 12.4. The van der Waals surface area contributed by atoms with Crippen LogP contribution in [0.15, 0.2) is 10.5 Å². The normalized spacial score (nSPS) is 26.4. The van der Waals surface area contributed by atoms with Gasteiger partial charge in [-0.15, -0.1) is 0 Å². The minimum Gasteiger partial charge on any atom is -0.478 e. The Morgan fingerprint density at radius 2 is 2.00 bits per heavy atom. The first-order chi connectivity index (χ1) is 9.36. The fourth-order valence-electron chi connectivity index (χ4n) is 3.43. The SMILES string of the molecule is CCc1oc(C(=O)N2CC3C(C2)C3(C)C)cc1C(=O)O. The van der Waals surface area contributed by atoms with Gasteiger partial charge in [0.15, 0.2) is 5.76 Å². The molecule has 2 heterocycles. The van der Waals surface area contributed by atoms with E-state index in [2.05, 4.69) is 13.8 Å². The molecule has 2 atom stereocenters. The fourth-order valence-corrected chi connectivity index (χ4v) is 3.43. The molecule has 1 saturated carbocycles. The van der Waals surface area contributed by atoms with E-state index in [4.69, 9.17) is 9.52 Å². The van der Waals surface area contributed by atoms with E-state index in [9.17, 15) is 9.59 Å². The number of carboxylic acid groups (broad SMARTS) is 1. The van der Waals surface area contributed by atoms with Gasteiger partial charge in [0.05, 0.1) is 0 Å². The number of hydrogen-bond acceptors (Lipinski definition) is 3. The number of fused-ring (bicyclic) bond motifs is 1. The average Bonchev–Trinajstić information content (AvgIpc) is 2.89. The van der Waals surface area contributed by atoms with Crippen LogP contribution < -0.4 is 0 Å². The molecule has 2 unspecified atom stereocenters. The first kappa shape index (κ1) is 13.2. The summed E-state index contributed by atoms with van der Waals surface area (Å²) in [5, 5.41) is 9.09. The van der Waals surface area contributed by atoms with E-state index < -0.39 is 5.97 Å². The molecule has 0 spiro atoms. The van der Waals surface area contributed by atoms with Gasteiger partial charge in [-0.1, -0.05) is 20.8 Å². The van der Waals surface area contributed by atoms with Gasteiger partial charge in [-0.05, 0) is 17.3 Å². The summed E-state index contributed by atoms with van der Waals surface area (Å²) >= 11 is 0. The van der Waals surface area contributed by atoms with Crippen LogP contribution in [0, 0.1) is 17.3 Å². The van der Waals surface area contributed by atoms with Gasteiger partial charge in [-0.2, -0.15) is 0 Å². The van der Waals surface area contributed by atoms with Crippen molar-refractivity contribution in [3.8, 4) is 0 Å². The quantitative estimate of drug-likeness (QED) is 0.920. The van der Waals surface area contributed by atoms with Crippen LogP contribution in [0.25, 0.3) is 0 Å². The summed E-state index contributed by atoms with van der Waals surface area (Å²) in [7, 11) is 0. The molecule has 0 bridgehead atoms. The Balaban J connectivity index is 1.77. The predicted octanol–water partition coefficient (Wildman–Crippen LogP) is 2.27. The summed E-state index contributed by atoms with van der Waals surface area (Å²) in [5.41, 5.74) is 0.446. The number of hydrogen-bond donors (Lipinski definition) is 1. The lowest BCUT2D eigenvalue weighted by atomic mass is 10.1. The minimum absolute atomic E-state index is 0.0977. The number of piperidine rings is 1. The first-order valence-corrected chi connectivity index (χ1v) is 7.01. The van der Waals surface area contributed by atoms with Crippen molar-refractivity contribution in [2.45, 2.75) is 27.2 Å². The first-order valence-electron chi connectivity index (χ1n) is 7.01. The molecule has 1 amide bonds. The Hall–Kier alpha value is -1.78. The second kappa shape index (κ2) is 4.11. The highest BCUT2D eigenvalue weighted by molar-refractivity contribution is 5.96. The zero-order valence-corrected chi connectivity index (χ0v) is 12.0. The van der Waals surface area contributed by atoms with Crippen molar-refractivity contribution in [1.82, 2.24) is 4.90 Å². The third-order valence-corrected chi connectivity index (χ3v) is 4.98. The third-order valence-electron chi connectivity index (χ3n) is 4.98. The molecule has 1 aromatic heterocycles. The Labute approximate surface area is 117 Å². The van der Waals surface area contributed by atoms with Crippen molar-refractivity contribution in [1.29, 1.82) is 0 Å². The van der Waals surface area contributed by atoms with Gasteiger partial charge in [0, 0.05) is 25.6 Å². The molecular formula is C15H19NO4. The molecule has 1 saturated heterocycles. The Kier molecular flexibility index (Phi) is 2.71. The van der Waals surface area contributed by atoms with Crippen LogP contribution in [-0.4, -0.2) is 35.0 Å². The smallest absolute Gasteiger partial charge is 0.339 e. The summed E-state index contributed by atoms with van der Waals surface area (Å²) in [6, 6.07) is 1.36. The van der Waals surface area contributed by atoms with Gasteiger partial charge < -0.3 is 14.4 Å². The van der Waals surface area contributed by atoms with Crippen molar-refractivity contribution in [3.63, 3.8) is 0 Å². The number of furan rings is 1. The molecule has 2 fully saturated rings. The van der Waals surface area contributed by atoms with E-state index in [1.807, 2.05) is 6.92 Å². The van der Waals surface area contributed by atoms with Gasteiger partial charge in [0.1, 0.15) is 11.3 Å². The van der Waals surface area contributed by atoms with Crippen LogP contribution in [0.5, 0.6) is 0 Å². The molecule has 1 aliphatic carbocycles. The minimum atomic E-state index is -1.05. The predicted molar refractivity (Wildman–Crippen MR) is 71.7 cm³/mol. The number of nitrogens with zero attached hydrogens (tertiary/aromatic N) is 1. The molecule has 2 aliphatic rings. The van der Waals surface area contributed by atoms with E-state index in [1.165, 1.54) is 6.07 Å². The lowest BCUT2D eigenvalue weighted by Gasteiger charge is -2.20. The molecule has 108 valence electrons. The standard InChI is InChI=1S/C15H19NO4/c1-4-11-8(14(18)19)5-12(20-11)13(17)16-6-9-10(7-16)15(9,2)3/h5,9-10H,4,6-7H2,1-3H3,(H,18,19). The summed E-state index contributed by atoms with van der Waals surface area (Å²) in [4.78, 5) is 25.2. The van der Waals surface area contributed by atoms with Crippen LogP contribution in [0.3, 0.4) is 0 Å². The van der Waals surface area contributed by atoms with Gasteiger partial charge in [-0.3, -0.25) is 4.79 Å². The summed E-state index contributed by atoms with van der Waals surface area (Å²) in [5.74, 6) is 0.436. The lowest BCUT2D eigenvalue weighted by molar-refractivity contribution is 0.0691. The molecule has 1 N–H and O–H groups in total. The van der Waals surface area contributed by atoms with Gasteiger partial charge in [-0.25, -0.2) is 4.79 Å². The van der Waals surface area contributed by atoms with Gasteiger partial charge in [0.2, 0.25) is 0 Å². The Bertz CT molecular complexity index is 573. The number of likely N-dealkylation sites (tertiary alicyclic amines) is 1. The molecule has 20 heavy (non-hydrogen) atoms. The van der Waals surface area contributed by atoms with Crippen molar-refractivity contribution >= 4 is 11.9 Å². The highest BCUT2D eigenvalue weighted by Gasteiger charge is 2.62. The summed E-state index contributed by atoms with van der Waals surface area (Å²) in [6.45, 7) is 7.78. The Morgan fingerprint density at radius 1 is 1.40 bits per heavy atom. The second-order valence-corrected chi connectivity index (χ2v) is 6.35. The van der Waals surface area contributed by atoms with Gasteiger partial charge in [0.25, 0.3) is 5.91 Å². The molecule has 5 heteroatoms. The van der Waals surface area contributed by atoms with Crippen LogP contribution in [0.4, 0.5) is 0 Å². The second-order valence-electron chi connectivity index (χ2n) is 6.35. The monoisotopic (exact) mass is 277 g/mol. The van der Waals surface area contributed by atoms with E-state index in [1.54, 1.807) is 4.90 Å². The van der Waals surface area contributed by atoms with E-state index in [0.29, 0.717) is 29.4 Å². The van der Waals surface area contributed by atoms with Crippen LogP contribution in [0.1, 0.15) is 47.4 Å². The van der Waals surface area contributed by atoms with Gasteiger partial charge >= 0.3 is 5.97 Å². The topological polar surface area (TPSA) is 70.8 Å². The van der Waals surface area contributed by atoms with Crippen LogP contribution in [-0.2, 0) is 6.42 Å². The van der Waals surface area contributed by atoms with E-state index in [0.717, 1.165) is 13.1 Å². The molecule has 5 nitrogen and oxygen atoms in total. The van der Waals surface area contributed by atoms with Crippen LogP contribution >= 0.6 is 0 Å². The lowest BCUT2D eigenvalue weighted by Crippen LogP contribution is -2.32. The van der Waals surface area contributed by atoms with E-state index in [-0.39, 0.29) is 17.2 Å². The zero-order chi connectivity index (χ0) is 14.7. The van der Waals surface area contributed by atoms with Crippen LogP contribution in [0.2, 0.25) is 0 Å². The van der Waals surface area contributed by atoms with Crippen molar-refractivity contribution < 1.29 is 19.1 Å². The number of carbonyl (C=O) groups excluding carboxylic acids is 1. The van der Waals surface area contributed by atoms with Crippen molar-refractivity contribution in [3.05, 3.63) is 23.2 Å². The number of rotatable bonds is 3. The molecule has 0 aromatic carbocycles. The molecule has 1 aromatic rings. The maximum atomic E-state index is 12.4. The Morgan fingerprint density at radius 3 is 2.45 bits per heavy atom.